The predicted octanol–water partition coefficient (Wildman–Crippen LogP) is 3.38. The summed E-state index contributed by atoms with van der Waals surface area (Å²) in [5.74, 6) is 0.392. The third kappa shape index (κ3) is 2.75. The molecule has 1 aliphatic rings. The van der Waals surface area contributed by atoms with Crippen molar-refractivity contribution in [2.75, 3.05) is 0 Å². The highest BCUT2D eigenvalue weighted by atomic mass is 32.1. The average molecular weight is 292 g/mol. The van der Waals surface area contributed by atoms with E-state index in [1.165, 1.54) is 0 Å². The van der Waals surface area contributed by atoms with Gasteiger partial charge in [-0.15, -0.1) is 0 Å². The Bertz CT molecular complexity index is 585. The first-order chi connectivity index (χ1) is 9.67. The Hall–Kier alpha value is -1.69. The monoisotopic (exact) mass is 292 g/mol. The van der Waals surface area contributed by atoms with E-state index >= 15 is 0 Å². The maximum atomic E-state index is 11.1. The third-order valence-electron chi connectivity index (χ3n) is 3.96. The molecule has 0 bridgehead atoms. The molecule has 0 aromatic carbocycles. The lowest BCUT2D eigenvalue weighted by molar-refractivity contribution is -0.139. The van der Waals surface area contributed by atoms with Gasteiger partial charge in [0.2, 0.25) is 11.7 Å². The molecular formula is C14H16N2O3S. The van der Waals surface area contributed by atoms with Crippen LogP contribution in [0.1, 0.15) is 38.0 Å². The lowest BCUT2D eigenvalue weighted by Gasteiger charge is -2.24. The lowest BCUT2D eigenvalue weighted by atomic mass is 9.79. The topological polar surface area (TPSA) is 76.2 Å². The van der Waals surface area contributed by atoms with E-state index in [-0.39, 0.29) is 11.8 Å². The van der Waals surface area contributed by atoms with E-state index in [4.69, 9.17) is 9.63 Å². The lowest BCUT2D eigenvalue weighted by Crippen LogP contribution is -2.23. The predicted molar refractivity (Wildman–Crippen MR) is 74.5 cm³/mol. The van der Waals surface area contributed by atoms with Gasteiger partial charge in [-0.3, -0.25) is 4.79 Å². The molecule has 20 heavy (non-hydrogen) atoms. The molecule has 1 N–H and O–H groups in total. The maximum absolute atomic E-state index is 11.1. The van der Waals surface area contributed by atoms with Crippen LogP contribution in [0, 0.1) is 5.41 Å². The van der Waals surface area contributed by atoms with E-state index in [0.717, 1.165) is 31.2 Å². The summed E-state index contributed by atoms with van der Waals surface area (Å²) >= 11 is 1.58. The number of thiophene rings is 1. The Morgan fingerprint density at radius 3 is 2.90 bits per heavy atom. The van der Waals surface area contributed by atoms with Crippen LogP contribution in [0.25, 0.3) is 11.4 Å². The van der Waals surface area contributed by atoms with Gasteiger partial charge in [0.25, 0.3) is 0 Å². The first-order valence-corrected chi connectivity index (χ1v) is 7.68. The maximum Gasteiger partial charge on any atom is 0.303 e. The second-order valence-electron chi connectivity index (χ2n) is 5.48. The van der Waals surface area contributed by atoms with E-state index in [0.29, 0.717) is 18.1 Å². The van der Waals surface area contributed by atoms with Gasteiger partial charge in [-0.05, 0) is 29.7 Å². The van der Waals surface area contributed by atoms with Gasteiger partial charge < -0.3 is 9.63 Å². The molecule has 2 aromatic heterocycles. The molecule has 1 fully saturated rings. The van der Waals surface area contributed by atoms with Gasteiger partial charge in [-0.2, -0.15) is 16.3 Å². The number of hydrogen-bond acceptors (Lipinski definition) is 5. The highest BCUT2D eigenvalue weighted by Gasteiger charge is 2.37. The highest BCUT2D eigenvalue weighted by Crippen LogP contribution is 2.43. The van der Waals surface area contributed by atoms with E-state index < -0.39 is 5.97 Å². The molecule has 6 heteroatoms. The molecule has 2 aromatic rings. The number of nitrogens with zero attached hydrogens (tertiary/aromatic N) is 2. The molecule has 0 atom stereocenters. The molecule has 0 aliphatic heterocycles. The minimum atomic E-state index is -0.746. The number of rotatable bonds is 5. The second-order valence-corrected chi connectivity index (χ2v) is 6.26. The molecule has 5 nitrogen and oxygen atoms in total. The highest BCUT2D eigenvalue weighted by molar-refractivity contribution is 7.08. The van der Waals surface area contributed by atoms with Gasteiger partial charge in [-0.1, -0.05) is 18.0 Å². The standard InChI is InChI=1S/C14H16N2O3S/c17-12(18)8-14(4-1-2-5-14)7-11-15-13(16-19-11)10-3-6-20-9-10/h3,6,9H,1-2,4-5,7-8H2,(H,17,18). The van der Waals surface area contributed by atoms with Crippen LogP contribution in [0.4, 0.5) is 0 Å². The Kier molecular flexibility index (Phi) is 3.56. The molecular weight excluding hydrogens is 276 g/mol. The molecule has 1 saturated carbocycles. The van der Waals surface area contributed by atoms with E-state index in [1.807, 2.05) is 16.8 Å². The van der Waals surface area contributed by atoms with Crippen molar-refractivity contribution in [3.05, 3.63) is 22.7 Å². The summed E-state index contributed by atoms with van der Waals surface area (Å²) in [6.45, 7) is 0. The van der Waals surface area contributed by atoms with E-state index in [9.17, 15) is 4.79 Å². The first kappa shape index (κ1) is 13.3. The minimum Gasteiger partial charge on any atom is -0.481 e. The second kappa shape index (κ2) is 5.36. The summed E-state index contributed by atoms with van der Waals surface area (Å²) in [4.78, 5) is 15.5. The molecule has 0 radical (unpaired) electrons. The molecule has 1 aliphatic carbocycles. The fourth-order valence-electron chi connectivity index (χ4n) is 3.02. The van der Waals surface area contributed by atoms with Gasteiger partial charge in [0, 0.05) is 17.4 Å². The van der Waals surface area contributed by atoms with Gasteiger partial charge in [0.05, 0.1) is 6.42 Å². The summed E-state index contributed by atoms with van der Waals surface area (Å²) in [7, 11) is 0. The average Bonchev–Trinajstić information content (AvgIpc) is 3.08. The van der Waals surface area contributed by atoms with Crippen LogP contribution < -0.4 is 0 Å². The van der Waals surface area contributed by atoms with Crippen LogP contribution in [-0.4, -0.2) is 21.2 Å². The van der Waals surface area contributed by atoms with Crippen molar-refractivity contribution >= 4 is 17.3 Å². The van der Waals surface area contributed by atoms with Crippen LogP contribution in [0.2, 0.25) is 0 Å². The van der Waals surface area contributed by atoms with Crippen molar-refractivity contribution < 1.29 is 14.4 Å². The van der Waals surface area contributed by atoms with Crippen molar-refractivity contribution in [2.24, 2.45) is 5.41 Å². The minimum absolute atomic E-state index is 0.184. The van der Waals surface area contributed by atoms with Gasteiger partial charge >= 0.3 is 5.97 Å². The zero-order chi connectivity index (χ0) is 14.0. The molecule has 0 saturated heterocycles. The number of hydrogen-bond donors (Lipinski definition) is 1. The van der Waals surface area contributed by atoms with Gasteiger partial charge in [0.15, 0.2) is 0 Å². The van der Waals surface area contributed by atoms with Crippen molar-refractivity contribution in [1.29, 1.82) is 0 Å². The number of carboxylic acids is 1. The first-order valence-electron chi connectivity index (χ1n) is 6.74. The fraction of sp³-hybridized carbons (Fsp3) is 0.500. The molecule has 3 rings (SSSR count). The Labute approximate surface area is 120 Å². The molecule has 0 spiro atoms. The SMILES string of the molecule is O=C(O)CC1(Cc2nc(-c3ccsc3)no2)CCCC1. The molecule has 0 unspecified atom stereocenters. The van der Waals surface area contributed by atoms with Crippen LogP contribution in [0.15, 0.2) is 21.3 Å². The normalized spacial score (nSPS) is 17.4. The van der Waals surface area contributed by atoms with Gasteiger partial charge in [0.1, 0.15) is 0 Å². The number of carboxylic acid groups (broad SMARTS) is 1. The van der Waals surface area contributed by atoms with Crippen molar-refractivity contribution in [1.82, 2.24) is 10.1 Å². The van der Waals surface area contributed by atoms with Crippen LogP contribution in [-0.2, 0) is 11.2 Å². The Balaban J connectivity index is 1.77. The van der Waals surface area contributed by atoms with Crippen molar-refractivity contribution in [2.45, 2.75) is 38.5 Å². The van der Waals surface area contributed by atoms with E-state index in [2.05, 4.69) is 10.1 Å². The molecule has 106 valence electrons. The summed E-state index contributed by atoms with van der Waals surface area (Å²) in [6, 6.07) is 1.95. The smallest absolute Gasteiger partial charge is 0.303 e. The Morgan fingerprint density at radius 1 is 1.45 bits per heavy atom. The van der Waals surface area contributed by atoms with Crippen LogP contribution in [0.5, 0.6) is 0 Å². The summed E-state index contributed by atoms with van der Waals surface area (Å²) < 4.78 is 5.31. The van der Waals surface area contributed by atoms with E-state index in [1.54, 1.807) is 11.3 Å². The van der Waals surface area contributed by atoms with Crippen LogP contribution in [0.3, 0.4) is 0 Å². The summed E-state index contributed by atoms with van der Waals surface area (Å²) in [6.07, 6.45) is 4.77. The van der Waals surface area contributed by atoms with Crippen molar-refractivity contribution in [3.8, 4) is 11.4 Å². The van der Waals surface area contributed by atoms with Gasteiger partial charge in [-0.25, -0.2) is 0 Å². The Morgan fingerprint density at radius 2 is 2.25 bits per heavy atom. The summed E-state index contributed by atoms with van der Waals surface area (Å²) in [5, 5.41) is 17.0. The largest absolute Gasteiger partial charge is 0.481 e. The molecule has 0 amide bonds. The summed E-state index contributed by atoms with van der Waals surface area (Å²) in [5.41, 5.74) is 0.744. The zero-order valence-electron chi connectivity index (χ0n) is 11.0. The number of carbonyl (C=O) groups is 1. The molecule has 2 heterocycles. The van der Waals surface area contributed by atoms with Crippen molar-refractivity contribution in [3.63, 3.8) is 0 Å². The third-order valence-corrected chi connectivity index (χ3v) is 4.65. The number of aliphatic carboxylic acids is 1. The fourth-order valence-corrected chi connectivity index (χ4v) is 3.65. The van der Waals surface area contributed by atoms with Crippen LogP contribution >= 0.6 is 11.3 Å². The zero-order valence-corrected chi connectivity index (χ0v) is 11.9. The quantitative estimate of drug-likeness (QED) is 0.914. The number of aromatic nitrogens is 2.